The number of fused-ring (bicyclic) bond motifs is 1. The maximum Gasteiger partial charge on any atom is 0.294 e. The lowest BCUT2D eigenvalue weighted by Gasteiger charge is -2.26. The Morgan fingerprint density at radius 2 is 1.85 bits per heavy atom. The summed E-state index contributed by atoms with van der Waals surface area (Å²) in [7, 11) is 0. The fourth-order valence-corrected chi connectivity index (χ4v) is 3.23. The Morgan fingerprint density at radius 1 is 1.15 bits per heavy atom. The van der Waals surface area contributed by atoms with Crippen molar-refractivity contribution in [2.45, 2.75) is 13.0 Å². The van der Waals surface area contributed by atoms with Gasteiger partial charge in [0, 0.05) is 5.69 Å². The number of aliphatic hydroxyl groups is 1. The molecule has 132 valence electrons. The van der Waals surface area contributed by atoms with Gasteiger partial charge in [0.2, 0.25) is 6.79 Å². The molecular formula is C19H14FNO5. The number of amides is 1. The molecule has 2 heterocycles. The second-order valence-electron chi connectivity index (χ2n) is 5.99. The van der Waals surface area contributed by atoms with Crippen LogP contribution in [0.3, 0.4) is 0 Å². The van der Waals surface area contributed by atoms with Crippen LogP contribution in [0, 0.1) is 5.82 Å². The number of hydrogen-bond donors (Lipinski definition) is 1. The molecule has 1 amide bonds. The molecule has 0 saturated heterocycles. The van der Waals surface area contributed by atoms with Crippen molar-refractivity contribution in [1.29, 1.82) is 0 Å². The van der Waals surface area contributed by atoms with Crippen molar-refractivity contribution >= 4 is 17.4 Å². The van der Waals surface area contributed by atoms with Gasteiger partial charge in [0.1, 0.15) is 5.82 Å². The van der Waals surface area contributed by atoms with E-state index in [2.05, 4.69) is 0 Å². The third kappa shape index (κ3) is 2.40. The minimum atomic E-state index is -0.847. The summed E-state index contributed by atoms with van der Waals surface area (Å²) < 4.78 is 23.9. The molecule has 26 heavy (non-hydrogen) atoms. The van der Waals surface area contributed by atoms with E-state index in [1.165, 1.54) is 36.1 Å². The van der Waals surface area contributed by atoms with Crippen molar-refractivity contribution in [1.82, 2.24) is 0 Å². The fraction of sp³-hybridized carbons (Fsp3) is 0.158. The molecule has 2 aromatic carbocycles. The second kappa shape index (κ2) is 5.87. The Hall–Kier alpha value is -3.35. The Labute approximate surface area is 148 Å². The number of ether oxygens (including phenoxy) is 2. The predicted molar refractivity (Wildman–Crippen MR) is 89.5 cm³/mol. The van der Waals surface area contributed by atoms with Crippen LogP contribution in [-0.2, 0) is 9.59 Å². The molecule has 0 radical (unpaired) electrons. The van der Waals surface area contributed by atoms with E-state index in [1.807, 2.05) is 0 Å². The summed E-state index contributed by atoms with van der Waals surface area (Å²) in [6.07, 6.45) is 0. The van der Waals surface area contributed by atoms with Crippen molar-refractivity contribution in [2.75, 3.05) is 11.7 Å². The zero-order valence-electron chi connectivity index (χ0n) is 13.7. The summed E-state index contributed by atoms with van der Waals surface area (Å²) in [6.45, 7) is 1.37. The van der Waals surface area contributed by atoms with E-state index in [-0.39, 0.29) is 12.4 Å². The van der Waals surface area contributed by atoms with Gasteiger partial charge in [-0.1, -0.05) is 6.07 Å². The van der Waals surface area contributed by atoms with Crippen molar-refractivity contribution in [3.05, 3.63) is 65.2 Å². The maximum atomic E-state index is 13.3. The molecule has 0 saturated carbocycles. The Bertz CT molecular complexity index is 951. The van der Waals surface area contributed by atoms with E-state index in [4.69, 9.17) is 9.47 Å². The molecule has 0 spiro atoms. The molecule has 2 aliphatic heterocycles. The number of carbonyl (C=O) groups excluding carboxylic acids is 2. The van der Waals surface area contributed by atoms with Gasteiger partial charge in [-0.2, -0.15) is 0 Å². The fourth-order valence-electron chi connectivity index (χ4n) is 3.23. The van der Waals surface area contributed by atoms with Crippen molar-refractivity contribution in [3.8, 4) is 11.5 Å². The van der Waals surface area contributed by atoms with Crippen LogP contribution >= 0.6 is 0 Å². The first-order valence-electron chi connectivity index (χ1n) is 7.90. The van der Waals surface area contributed by atoms with Crippen LogP contribution in [0.2, 0.25) is 0 Å². The minimum absolute atomic E-state index is 0.0156. The van der Waals surface area contributed by atoms with Gasteiger partial charge < -0.3 is 14.6 Å². The molecule has 2 aromatic rings. The van der Waals surface area contributed by atoms with Crippen LogP contribution in [0.15, 0.2) is 53.8 Å². The van der Waals surface area contributed by atoms with Crippen molar-refractivity contribution < 1.29 is 28.6 Å². The van der Waals surface area contributed by atoms with Gasteiger partial charge in [-0.05, 0) is 48.9 Å². The van der Waals surface area contributed by atoms with Crippen LogP contribution in [0.4, 0.5) is 10.1 Å². The van der Waals surface area contributed by atoms with Gasteiger partial charge in [0.05, 0.1) is 11.6 Å². The highest BCUT2D eigenvalue weighted by molar-refractivity contribution is 6.16. The molecule has 0 aliphatic carbocycles. The van der Waals surface area contributed by atoms with Crippen molar-refractivity contribution in [2.24, 2.45) is 0 Å². The number of aliphatic hydroxyl groups excluding tert-OH is 1. The third-order valence-corrected chi connectivity index (χ3v) is 4.40. The van der Waals surface area contributed by atoms with Crippen molar-refractivity contribution in [3.63, 3.8) is 0 Å². The number of halogens is 1. The summed E-state index contributed by atoms with van der Waals surface area (Å²) in [5.74, 6) is -1.16. The van der Waals surface area contributed by atoms with Gasteiger partial charge in [0.25, 0.3) is 5.91 Å². The summed E-state index contributed by atoms with van der Waals surface area (Å²) in [4.78, 5) is 26.0. The topological polar surface area (TPSA) is 76.1 Å². The van der Waals surface area contributed by atoms with Crippen LogP contribution < -0.4 is 14.4 Å². The molecule has 1 N–H and O–H groups in total. The van der Waals surface area contributed by atoms with E-state index >= 15 is 0 Å². The standard InChI is InChI=1S/C19H14FNO5/c1-10(22)16-17(11-2-7-14-15(8-11)26-9-25-14)21(19(24)18(16)23)13-5-3-12(20)4-6-13/h2-8,17,23H,9H2,1H3. The zero-order chi connectivity index (χ0) is 18.4. The maximum absolute atomic E-state index is 13.3. The van der Waals surface area contributed by atoms with Gasteiger partial charge in [-0.25, -0.2) is 4.39 Å². The average molecular weight is 355 g/mol. The number of benzene rings is 2. The number of Topliss-reactive ketones (excluding diaryl/α,β-unsaturated/α-hetero) is 1. The highest BCUT2D eigenvalue weighted by atomic mass is 19.1. The molecule has 2 aliphatic rings. The molecule has 7 heteroatoms. The Morgan fingerprint density at radius 3 is 2.54 bits per heavy atom. The monoisotopic (exact) mass is 355 g/mol. The lowest BCUT2D eigenvalue weighted by atomic mass is 9.96. The van der Waals surface area contributed by atoms with Crippen LogP contribution in [0.5, 0.6) is 11.5 Å². The molecule has 0 bridgehead atoms. The second-order valence-corrected chi connectivity index (χ2v) is 5.99. The SMILES string of the molecule is CC(=O)C1=C(O)C(=O)N(c2ccc(F)cc2)C1c1ccc2c(c1)OCO2. The average Bonchev–Trinajstić information content (AvgIpc) is 3.18. The molecule has 0 aromatic heterocycles. The quantitative estimate of drug-likeness (QED) is 0.916. The van der Waals surface area contributed by atoms with Gasteiger partial charge in [0.15, 0.2) is 23.0 Å². The molecule has 6 nitrogen and oxygen atoms in total. The number of nitrogens with zero attached hydrogens (tertiary/aromatic N) is 1. The molecule has 1 atom stereocenters. The highest BCUT2D eigenvalue weighted by Gasteiger charge is 2.43. The molecule has 1 unspecified atom stereocenters. The summed E-state index contributed by atoms with van der Waals surface area (Å²) in [5, 5.41) is 10.3. The highest BCUT2D eigenvalue weighted by Crippen LogP contribution is 2.43. The normalized spacial score (nSPS) is 18.6. The molecule has 4 rings (SSSR count). The van der Waals surface area contributed by atoms with Gasteiger partial charge in [-0.15, -0.1) is 0 Å². The lowest BCUT2D eigenvalue weighted by Crippen LogP contribution is -2.30. The van der Waals surface area contributed by atoms with E-state index in [0.29, 0.717) is 22.7 Å². The van der Waals surface area contributed by atoms with Gasteiger partial charge in [-0.3, -0.25) is 14.5 Å². The Kier molecular flexibility index (Phi) is 3.64. The summed E-state index contributed by atoms with van der Waals surface area (Å²) in [6, 6.07) is 9.46. The number of anilines is 1. The number of ketones is 1. The van der Waals surface area contributed by atoms with Crippen LogP contribution in [0.25, 0.3) is 0 Å². The lowest BCUT2D eigenvalue weighted by molar-refractivity contribution is -0.117. The number of hydrogen-bond acceptors (Lipinski definition) is 5. The Balaban J connectivity index is 1.86. The zero-order valence-corrected chi connectivity index (χ0v) is 13.7. The number of rotatable bonds is 3. The third-order valence-electron chi connectivity index (χ3n) is 4.40. The first kappa shape index (κ1) is 16.1. The predicted octanol–water partition coefficient (Wildman–Crippen LogP) is 3.04. The van der Waals surface area contributed by atoms with E-state index in [1.54, 1.807) is 18.2 Å². The summed E-state index contributed by atoms with van der Waals surface area (Å²) >= 11 is 0. The van der Waals surface area contributed by atoms with E-state index < -0.39 is 29.3 Å². The van der Waals surface area contributed by atoms with Crippen LogP contribution in [-0.4, -0.2) is 23.6 Å². The summed E-state index contributed by atoms with van der Waals surface area (Å²) in [5.41, 5.74) is 0.918. The van der Waals surface area contributed by atoms with E-state index in [0.717, 1.165) is 0 Å². The minimum Gasteiger partial charge on any atom is -0.503 e. The number of carbonyl (C=O) groups is 2. The largest absolute Gasteiger partial charge is 0.503 e. The molecular weight excluding hydrogens is 341 g/mol. The first-order valence-corrected chi connectivity index (χ1v) is 7.90. The van der Waals surface area contributed by atoms with Gasteiger partial charge >= 0.3 is 0 Å². The smallest absolute Gasteiger partial charge is 0.294 e. The molecule has 0 fully saturated rings. The van der Waals surface area contributed by atoms with Crippen LogP contribution in [0.1, 0.15) is 18.5 Å². The first-order chi connectivity index (χ1) is 12.5. The van der Waals surface area contributed by atoms with E-state index in [9.17, 15) is 19.1 Å².